The fourth-order valence-electron chi connectivity index (χ4n) is 3.26. The van der Waals surface area contributed by atoms with E-state index in [1.165, 1.54) is 12.1 Å². The fraction of sp³-hybridized carbons (Fsp3) is 0.579. The van der Waals surface area contributed by atoms with Crippen LogP contribution in [0.15, 0.2) is 24.3 Å². The highest BCUT2D eigenvalue weighted by molar-refractivity contribution is 5.83. The van der Waals surface area contributed by atoms with Gasteiger partial charge in [0.25, 0.3) is 0 Å². The van der Waals surface area contributed by atoms with E-state index < -0.39 is 0 Å². The van der Waals surface area contributed by atoms with Gasteiger partial charge in [-0.2, -0.15) is 0 Å². The second-order valence-electron chi connectivity index (χ2n) is 7.40. The van der Waals surface area contributed by atoms with Crippen LogP contribution in [0.3, 0.4) is 0 Å². The van der Waals surface area contributed by atoms with Crippen molar-refractivity contribution in [2.75, 3.05) is 13.6 Å². The highest BCUT2D eigenvalue weighted by Crippen LogP contribution is 2.40. The first-order valence-corrected chi connectivity index (χ1v) is 8.68. The van der Waals surface area contributed by atoms with E-state index in [-0.39, 0.29) is 35.5 Å². The van der Waals surface area contributed by atoms with Gasteiger partial charge in [-0.05, 0) is 42.4 Å². The Morgan fingerprint density at radius 3 is 2.21 bits per heavy atom. The van der Waals surface area contributed by atoms with Gasteiger partial charge in [0, 0.05) is 25.4 Å². The van der Waals surface area contributed by atoms with Crippen molar-refractivity contribution in [1.82, 2.24) is 10.2 Å². The molecule has 4 nitrogen and oxygen atoms in total. The highest BCUT2D eigenvalue weighted by atomic mass is 19.1. The second-order valence-corrected chi connectivity index (χ2v) is 7.40. The van der Waals surface area contributed by atoms with Crippen LogP contribution in [0.1, 0.15) is 38.3 Å². The zero-order chi connectivity index (χ0) is 17.4. The molecule has 2 aliphatic carbocycles. The van der Waals surface area contributed by atoms with Crippen LogP contribution in [0.5, 0.6) is 0 Å². The van der Waals surface area contributed by atoms with Crippen LogP contribution in [-0.4, -0.2) is 30.3 Å². The van der Waals surface area contributed by atoms with Crippen LogP contribution in [0.2, 0.25) is 0 Å². The molecule has 1 N–H and O–H groups in total. The number of nitrogens with zero attached hydrogens (tertiary/aromatic N) is 1. The molecule has 0 spiro atoms. The van der Waals surface area contributed by atoms with E-state index in [0.29, 0.717) is 18.4 Å². The lowest BCUT2D eigenvalue weighted by Gasteiger charge is -2.29. The maximum Gasteiger partial charge on any atom is 0.226 e. The number of carbonyl (C=O) groups excluding carboxylic acids is 2. The van der Waals surface area contributed by atoms with E-state index in [1.807, 2.05) is 0 Å². The number of amides is 2. The number of halogens is 1. The lowest BCUT2D eigenvalue weighted by atomic mass is 10.0. The molecular weight excluding hydrogens is 307 g/mol. The molecule has 1 aromatic carbocycles. The van der Waals surface area contributed by atoms with Gasteiger partial charge in [0.2, 0.25) is 11.8 Å². The normalized spacial score (nSPS) is 28.8. The zero-order valence-electron chi connectivity index (χ0n) is 14.5. The Morgan fingerprint density at radius 2 is 1.71 bits per heavy atom. The lowest BCUT2D eigenvalue weighted by molar-refractivity contribution is -0.134. The Kier molecular flexibility index (Phi) is 4.61. The number of carbonyl (C=O) groups is 2. The predicted octanol–water partition coefficient (Wildman–Crippen LogP) is 2.75. The molecule has 2 fully saturated rings. The van der Waals surface area contributed by atoms with Crippen molar-refractivity contribution < 1.29 is 14.0 Å². The molecule has 5 atom stereocenters. The van der Waals surface area contributed by atoms with Crippen LogP contribution >= 0.6 is 0 Å². The van der Waals surface area contributed by atoms with Gasteiger partial charge in [-0.25, -0.2) is 4.39 Å². The Hall–Kier alpha value is -1.91. The van der Waals surface area contributed by atoms with E-state index in [2.05, 4.69) is 19.2 Å². The van der Waals surface area contributed by atoms with Crippen molar-refractivity contribution >= 4 is 11.8 Å². The largest absolute Gasteiger partial charge is 0.353 e. The zero-order valence-corrected chi connectivity index (χ0v) is 14.5. The third kappa shape index (κ3) is 3.60. The van der Waals surface area contributed by atoms with E-state index in [4.69, 9.17) is 0 Å². The first kappa shape index (κ1) is 16.9. The van der Waals surface area contributed by atoms with Gasteiger partial charge in [0.15, 0.2) is 0 Å². The predicted molar refractivity (Wildman–Crippen MR) is 89.5 cm³/mol. The van der Waals surface area contributed by atoms with Gasteiger partial charge < -0.3 is 10.2 Å². The third-order valence-corrected chi connectivity index (χ3v) is 5.41. The SMILES string of the molecule is C[C@@H]1C[C@@H]1C(=O)NC[C@H](c1ccc(F)cc1)N(C)C(=O)[C@@H]1C[C@@H]1C. The van der Waals surface area contributed by atoms with Crippen molar-refractivity contribution in [1.29, 1.82) is 0 Å². The van der Waals surface area contributed by atoms with Crippen molar-refractivity contribution in [2.45, 2.75) is 32.7 Å². The second kappa shape index (κ2) is 6.54. The molecule has 0 bridgehead atoms. The Labute approximate surface area is 142 Å². The summed E-state index contributed by atoms with van der Waals surface area (Å²) in [5.74, 6) is 0.899. The maximum absolute atomic E-state index is 13.2. The molecule has 0 aliphatic heterocycles. The smallest absolute Gasteiger partial charge is 0.226 e. The molecule has 2 saturated carbocycles. The van der Waals surface area contributed by atoms with E-state index >= 15 is 0 Å². The van der Waals surface area contributed by atoms with Crippen LogP contribution in [0.25, 0.3) is 0 Å². The molecule has 0 radical (unpaired) electrons. The van der Waals surface area contributed by atoms with Crippen molar-refractivity contribution in [3.05, 3.63) is 35.6 Å². The van der Waals surface area contributed by atoms with E-state index in [1.54, 1.807) is 24.1 Å². The fourth-order valence-corrected chi connectivity index (χ4v) is 3.26. The summed E-state index contributed by atoms with van der Waals surface area (Å²) < 4.78 is 13.2. The van der Waals surface area contributed by atoms with Crippen molar-refractivity contribution in [2.24, 2.45) is 23.7 Å². The Bertz CT molecular complexity index is 631. The van der Waals surface area contributed by atoms with Gasteiger partial charge in [-0.3, -0.25) is 9.59 Å². The van der Waals surface area contributed by atoms with Crippen LogP contribution < -0.4 is 5.32 Å². The Balaban J connectivity index is 1.71. The summed E-state index contributed by atoms with van der Waals surface area (Å²) >= 11 is 0. The molecule has 0 saturated heterocycles. The minimum atomic E-state index is -0.307. The monoisotopic (exact) mass is 332 g/mol. The molecule has 24 heavy (non-hydrogen) atoms. The summed E-state index contributed by atoms with van der Waals surface area (Å²) in [7, 11) is 1.77. The first-order chi connectivity index (χ1) is 11.4. The number of rotatable bonds is 6. The van der Waals surface area contributed by atoms with Crippen LogP contribution in [0.4, 0.5) is 4.39 Å². The molecular formula is C19H25FN2O2. The van der Waals surface area contributed by atoms with Gasteiger partial charge in [-0.15, -0.1) is 0 Å². The molecule has 2 aliphatic rings. The topological polar surface area (TPSA) is 49.4 Å². The number of benzene rings is 1. The molecule has 0 heterocycles. The van der Waals surface area contributed by atoms with Crippen LogP contribution in [0, 0.1) is 29.5 Å². The summed E-state index contributed by atoms with van der Waals surface area (Å²) in [6.07, 6.45) is 1.85. The molecule has 0 unspecified atom stereocenters. The molecule has 1 aromatic rings. The molecule has 2 amide bonds. The summed E-state index contributed by atoms with van der Waals surface area (Å²) in [6.45, 7) is 4.49. The number of nitrogens with one attached hydrogen (secondary N) is 1. The molecule has 130 valence electrons. The molecule has 0 aromatic heterocycles. The maximum atomic E-state index is 13.2. The molecule has 3 rings (SSSR count). The first-order valence-electron chi connectivity index (χ1n) is 8.68. The van der Waals surface area contributed by atoms with Gasteiger partial charge in [-0.1, -0.05) is 26.0 Å². The van der Waals surface area contributed by atoms with Crippen LogP contribution in [-0.2, 0) is 9.59 Å². The average molecular weight is 332 g/mol. The minimum absolute atomic E-state index is 0.0512. The third-order valence-electron chi connectivity index (χ3n) is 5.41. The van der Waals surface area contributed by atoms with Gasteiger partial charge >= 0.3 is 0 Å². The molecule has 5 heteroatoms. The van der Waals surface area contributed by atoms with Crippen molar-refractivity contribution in [3.63, 3.8) is 0 Å². The average Bonchev–Trinajstić information content (AvgIpc) is 3.46. The van der Waals surface area contributed by atoms with E-state index in [0.717, 1.165) is 18.4 Å². The van der Waals surface area contributed by atoms with Crippen molar-refractivity contribution in [3.8, 4) is 0 Å². The summed E-state index contributed by atoms with van der Waals surface area (Å²) in [4.78, 5) is 26.4. The Morgan fingerprint density at radius 1 is 1.17 bits per heavy atom. The summed E-state index contributed by atoms with van der Waals surface area (Å²) in [6, 6.07) is 5.89. The quantitative estimate of drug-likeness (QED) is 0.871. The minimum Gasteiger partial charge on any atom is -0.353 e. The number of likely N-dealkylation sites (N-methyl/N-ethyl adjacent to an activating group) is 1. The van der Waals surface area contributed by atoms with E-state index in [9.17, 15) is 14.0 Å². The standard InChI is InChI=1S/C19H25FN2O2/c1-11-8-15(11)18(23)21-10-17(13-4-6-14(20)7-5-13)22(3)19(24)16-9-12(16)2/h4-7,11-12,15-17H,8-10H2,1-3H3,(H,21,23)/t11-,12+,15+,16-,17-/m1/s1. The number of hydrogen-bond acceptors (Lipinski definition) is 2. The van der Waals surface area contributed by atoms with Gasteiger partial charge in [0.1, 0.15) is 5.82 Å². The van der Waals surface area contributed by atoms with Gasteiger partial charge in [0.05, 0.1) is 6.04 Å². The highest BCUT2D eigenvalue weighted by Gasteiger charge is 2.43. The lowest BCUT2D eigenvalue weighted by Crippen LogP contribution is -2.40. The summed E-state index contributed by atoms with van der Waals surface area (Å²) in [5.41, 5.74) is 0.838. The number of hydrogen-bond donors (Lipinski definition) is 1. The summed E-state index contributed by atoms with van der Waals surface area (Å²) in [5, 5.41) is 2.97.